The summed E-state index contributed by atoms with van der Waals surface area (Å²) in [5.41, 5.74) is 0. The third kappa shape index (κ3) is 36.0. The zero-order valence-electron chi connectivity index (χ0n) is 14.6. The van der Waals surface area contributed by atoms with Crippen LogP contribution in [0.5, 0.6) is 0 Å². The van der Waals surface area contributed by atoms with Crippen LogP contribution in [0.4, 0.5) is 14.4 Å². The van der Waals surface area contributed by atoms with Crippen molar-refractivity contribution in [3.05, 3.63) is 0 Å². The third-order valence-electron chi connectivity index (χ3n) is 0.341. The minimum Gasteiger partial charge on any atom is -1.00 e. The molecule has 0 saturated carbocycles. The SMILES string of the molecule is O=C(O)OC(=O)OC(=O)O.[Ca+2].[Ca+2].[Fe].[Fe].[H-].[H-].[H-].[H-].[H-].[H-].[Li+].[Li+]. The van der Waals surface area contributed by atoms with Gasteiger partial charge in [0.25, 0.3) is 0 Å². The molecule has 0 radical (unpaired) electrons. The molecule has 0 spiro atoms. The molecule has 0 aromatic carbocycles. The minimum absolute atomic E-state index is 0. The molecule has 0 unspecified atom stereocenters. The molecule has 84 valence electrons. The number of ether oxygens (including phenoxy) is 2. The Hall–Kier alpha value is 2.96. The first kappa shape index (κ1) is 42.8. The molecule has 0 aromatic rings. The van der Waals surface area contributed by atoms with Crippen LogP contribution in [0, 0.1) is 0 Å². The van der Waals surface area contributed by atoms with Gasteiger partial charge in [-0.05, 0) is 0 Å². The van der Waals surface area contributed by atoms with Crippen molar-refractivity contribution in [1.82, 2.24) is 0 Å². The van der Waals surface area contributed by atoms with E-state index in [0.29, 0.717) is 0 Å². The summed E-state index contributed by atoms with van der Waals surface area (Å²) >= 11 is 0. The van der Waals surface area contributed by atoms with Crippen molar-refractivity contribution in [3.8, 4) is 0 Å². The summed E-state index contributed by atoms with van der Waals surface area (Å²) < 4.78 is 6.47. The van der Waals surface area contributed by atoms with Crippen molar-refractivity contribution in [3.63, 3.8) is 0 Å². The monoisotopic (exact) mass is 362 g/mol. The van der Waals surface area contributed by atoms with E-state index in [2.05, 4.69) is 9.47 Å². The van der Waals surface area contributed by atoms with Crippen LogP contribution in [0.3, 0.4) is 0 Å². The number of carbonyl (C=O) groups is 3. The fourth-order valence-corrected chi connectivity index (χ4v) is 0.163. The Kier molecular flexibility index (Phi) is 70.8. The smallest absolute Gasteiger partial charge is 1.00 e. The average molecular weight is 362 g/mol. The van der Waals surface area contributed by atoms with Gasteiger partial charge in [-0.25, -0.2) is 14.4 Å². The molecule has 0 aliphatic carbocycles. The van der Waals surface area contributed by atoms with Gasteiger partial charge in [0.2, 0.25) is 0 Å². The first-order valence-corrected chi connectivity index (χ1v) is 1.88. The van der Waals surface area contributed by atoms with Crippen LogP contribution >= 0.6 is 0 Å². The fourth-order valence-electron chi connectivity index (χ4n) is 0.163. The van der Waals surface area contributed by atoms with E-state index in [0.717, 1.165) is 0 Å². The van der Waals surface area contributed by atoms with Gasteiger partial charge in [-0.15, -0.1) is 0 Å². The average Bonchev–Trinajstić information content (AvgIpc) is 1.58. The van der Waals surface area contributed by atoms with E-state index in [1.165, 1.54) is 0 Å². The molecular weight excluding hydrogens is 354 g/mol. The van der Waals surface area contributed by atoms with Gasteiger partial charge in [0, 0.05) is 34.1 Å². The van der Waals surface area contributed by atoms with E-state index in [1.54, 1.807) is 0 Å². The van der Waals surface area contributed by atoms with Gasteiger partial charge in [0.15, 0.2) is 0 Å². The Morgan fingerprint density at radius 1 is 0.812 bits per heavy atom. The van der Waals surface area contributed by atoms with Crippen LogP contribution in [0.15, 0.2) is 0 Å². The normalized spacial score (nSPS) is 5.00. The quantitative estimate of drug-likeness (QED) is 0.251. The van der Waals surface area contributed by atoms with Gasteiger partial charge >= 0.3 is 132 Å². The van der Waals surface area contributed by atoms with Gasteiger partial charge in [-0.3, -0.25) is 0 Å². The molecule has 0 atom stereocenters. The van der Waals surface area contributed by atoms with Gasteiger partial charge in [0.05, 0.1) is 0 Å². The molecule has 0 aliphatic heterocycles. The zero-order valence-corrected chi connectivity index (χ0v) is 15.2. The summed E-state index contributed by atoms with van der Waals surface area (Å²) in [5, 5.41) is 15.4. The van der Waals surface area contributed by atoms with E-state index in [4.69, 9.17) is 10.2 Å². The summed E-state index contributed by atoms with van der Waals surface area (Å²) in [4.78, 5) is 28.8. The van der Waals surface area contributed by atoms with E-state index in [-0.39, 0.29) is 156 Å². The zero-order chi connectivity index (χ0) is 8.15. The van der Waals surface area contributed by atoms with Crippen molar-refractivity contribution in [2.75, 3.05) is 0 Å². The Balaban J connectivity index is -0.00000000614. The maximum absolute atomic E-state index is 9.86. The van der Waals surface area contributed by atoms with Crippen LogP contribution in [-0.2, 0) is 43.6 Å². The van der Waals surface area contributed by atoms with Crippen LogP contribution in [0.2, 0.25) is 0 Å². The van der Waals surface area contributed by atoms with E-state index >= 15 is 0 Å². The van der Waals surface area contributed by atoms with Crippen molar-refractivity contribution in [2.45, 2.75) is 0 Å². The molecule has 0 heterocycles. The summed E-state index contributed by atoms with van der Waals surface area (Å²) in [7, 11) is 0. The molecule has 0 rings (SSSR count). The second-order valence-corrected chi connectivity index (χ2v) is 0.986. The fraction of sp³-hybridized carbons (Fsp3) is 0. The maximum atomic E-state index is 9.86. The molecule has 0 amide bonds. The molecule has 2 N–H and O–H groups in total. The van der Waals surface area contributed by atoms with Crippen molar-refractivity contribution in [2.24, 2.45) is 0 Å². The number of carbonyl (C=O) groups excluding carboxylic acids is 1. The van der Waals surface area contributed by atoms with Crippen LogP contribution in [-0.4, -0.2) is 104 Å². The number of hydrogen-bond donors (Lipinski definition) is 2. The Morgan fingerprint density at radius 3 is 1.12 bits per heavy atom. The third-order valence-corrected chi connectivity index (χ3v) is 0.341. The number of rotatable bonds is 0. The van der Waals surface area contributed by atoms with Crippen LogP contribution in [0.25, 0.3) is 0 Å². The topological polar surface area (TPSA) is 110 Å². The number of carboxylic acid groups (broad SMARTS) is 2. The second kappa shape index (κ2) is 26.5. The molecule has 0 bridgehead atoms. The summed E-state index contributed by atoms with van der Waals surface area (Å²) in [6.45, 7) is 0. The van der Waals surface area contributed by atoms with Gasteiger partial charge < -0.3 is 28.2 Å². The summed E-state index contributed by atoms with van der Waals surface area (Å²) in [6, 6.07) is 0. The van der Waals surface area contributed by atoms with Gasteiger partial charge in [-0.2, -0.15) is 0 Å². The van der Waals surface area contributed by atoms with Crippen LogP contribution < -0.4 is 37.7 Å². The van der Waals surface area contributed by atoms with Crippen molar-refractivity contribution >= 4 is 93.9 Å². The van der Waals surface area contributed by atoms with Gasteiger partial charge in [-0.1, -0.05) is 0 Å². The Bertz CT molecular complexity index is 195. The predicted octanol–water partition coefficient (Wildman–Crippen LogP) is -5.59. The van der Waals surface area contributed by atoms with E-state index in [9.17, 15) is 14.4 Å². The molecular formula is C3H8Ca2Fe2Li2O7. The molecule has 13 heteroatoms. The van der Waals surface area contributed by atoms with E-state index in [1.807, 2.05) is 0 Å². The molecule has 7 nitrogen and oxygen atoms in total. The first-order chi connectivity index (χ1) is 4.52. The maximum Gasteiger partial charge on any atom is 2.00 e. The summed E-state index contributed by atoms with van der Waals surface area (Å²) in [5.74, 6) is 0. The molecule has 16 heavy (non-hydrogen) atoms. The molecule has 0 saturated heterocycles. The first-order valence-electron chi connectivity index (χ1n) is 1.88. The number of hydrogen-bond acceptors (Lipinski definition) is 5. The van der Waals surface area contributed by atoms with Gasteiger partial charge in [0.1, 0.15) is 0 Å². The molecule has 0 fully saturated rings. The van der Waals surface area contributed by atoms with E-state index < -0.39 is 18.5 Å². The largest absolute Gasteiger partial charge is 2.00 e. The molecule has 0 aliphatic rings. The van der Waals surface area contributed by atoms with Crippen molar-refractivity contribution in [1.29, 1.82) is 0 Å². The molecule has 0 aromatic heterocycles. The summed E-state index contributed by atoms with van der Waals surface area (Å²) in [6.07, 6.45) is -5.64. The standard InChI is InChI=1S/C3H2O7.2Ca.2Fe.2Li.6H/c4-1(5)9-3(8)10-2(6)7;;;;;;;;;;;;/h(H,4,5)(H,6,7);;;;;;;;;;;;/q;2*+2;;;2*+1;6*-1. The van der Waals surface area contributed by atoms with Crippen LogP contribution in [0.1, 0.15) is 8.56 Å². The minimum atomic E-state index is -1.92. The van der Waals surface area contributed by atoms with Crippen molar-refractivity contribution < 1.29 is 114 Å². The second-order valence-electron chi connectivity index (χ2n) is 0.986. The Morgan fingerprint density at radius 2 is 1.00 bits per heavy atom. The Labute approximate surface area is 205 Å². The predicted molar refractivity (Wildman–Crippen MR) is 41.8 cm³/mol.